The van der Waals surface area contributed by atoms with Gasteiger partial charge in [0.05, 0.1) is 6.10 Å². The fourth-order valence-electron chi connectivity index (χ4n) is 1.60. The van der Waals surface area contributed by atoms with Crippen LogP contribution in [0.4, 0.5) is 0 Å². The number of carbonyl (C=O) groups is 1. The van der Waals surface area contributed by atoms with Gasteiger partial charge >= 0.3 is 0 Å². The summed E-state index contributed by atoms with van der Waals surface area (Å²) in [4.78, 5) is 10.9. The Hall–Kier alpha value is -0.153. The van der Waals surface area contributed by atoms with E-state index in [-0.39, 0.29) is 22.5 Å². The molecule has 0 spiro atoms. The zero-order valence-electron chi connectivity index (χ0n) is 11.0. The molecule has 88 valence electrons. The van der Waals surface area contributed by atoms with Gasteiger partial charge in [0.25, 0.3) is 0 Å². The lowest BCUT2D eigenvalue weighted by atomic mass is 10.1. The highest BCUT2D eigenvalue weighted by Gasteiger charge is 2.61. The quantitative estimate of drug-likeness (QED) is 0.547. The lowest BCUT2D eigenvalue weighted by molar-refractivity contribution is -0.109. The third-order valence-electron chi connectivity index (χ3n) is 4.18. The summed E-state index contributed by atoms with van der Waals surface area (Å²) in [6.07, 6.45) is 1.20. The Kier molecular flexibility index (Phi) is 2.95. The van der Waals surface area contributed by atoms with Crippen LogP contribution in [0.5, 0.6) is 0 Å². The molecule has 0 heterocycles. The van der Waals surface area contributed by atoms with Gasteiger partial charge in [-0.25, -0.2) is 0 Å². The van der Waals surface area contributed by atoms with Crippen LogP contribution in [0.1, 0.15) is 34.6 Å². The van der Waals surface area contributed by atoms with Crippen molar-refractivity contribution in [3.05, 3.63) is 0 Å². The van der Waals surface area contributed by atoms with Crippen molar-refractivity contribution in [2.45, 2.75) is 58.9 Å². The number of hydrogen-bond donors (Lipinski definition) is 0. The molecule has 0 N–H and O–H groups in total. The molecule has 1 saturated carbocycles. The summed E-state index contributed by atoms with van der Waals surface area (Å²) in [6.45, 7) is 15.4. The van der Waals surface area contributed by atoms with Gasteiger partial charge in [0.15, 0.2) is 8.32 Å². The minimum Gasteiger partial charge on any atom is -0.413 e. The zero-order chi connectivity index (χ0) is 12.1. The second kappa shape index (κ2) is 3.42. The van der Waals surface area contributed by atoms with Crippen LogP contribution >= 0.6 is 0 Å². The third kappa shape index (κ3) is 2.18. The average Bonchev–Trinajstić information content (AvgIpc) is 2.49. The van der Waals surface area contributed by atoms with Gasteiger partial charge in [-0.15, -0.1) is 0 Å². The van der Waals surface area contributed by atoms with Crippen molar-refractivity contribution >= 4 is 14.6 Å². The SMILES string of the molecule is CC1(C)[C@H](C=O)[C@H]1O[Si](C)(C)C(C)(C)C. The van der Waals surface area contributed by atoms with Crippen LogP contribution in [0.3, 0.4) is 0 Å². The summed E-state index contributed by atoms with van der Waals surface area (Å²) in [5.74, 6) is 0.103. The zero-order valence-corrected chi connectivity index (χ0v) is 12.0. The Bertz CT molecular complexity index is 263. The smallest absolute Gasteiger partial charge is 0.192 e. The molecule has 0 aromatic heterocycles. The minimum atomic E-state index is -1.71. The topological polar surface area (TPSA) is 26.3 Å². The van der Waals surface area contributed by atoms with Gasteiger partial charge in [0.1, 0.15) is 6.29 Å². The maximum atomic E-state index is 10.9. The maximum Gasteiger partial charge on any atom is 0.192 e. The fraction of sp³-hybridized carbons (Fsp3) is 0.917. The summed E-state index contributed by atoms with van der Waals surface area (Å²) in [7, 11) is -1.71. The molecule has 1 aliphatic rings. The normalized spacial score (nSPS) is 30.1. The van der Waals surface area contributed by atoms with Crippen LogP contribution < -0.4 is 0 Å². The minimum absolute atomic E-state index is 0.0528. The molecule has 1 fully saturated rings. The van der Waals surface area contributed by atoms with Crippen LogP contribution in [0, 0.1) is 11.3 Å². The first kappa shape index (κ1) is 12.9. The monoisotopic (exact) mass is 228 g/mol. The molecule has 0 radical (unpaired) electrons. The molecule has 1 rings (SSSR count). The molecule has 0 bridgehead atoms. The van der Waals surface area contributed by atoms with E-state index in [0.717, 1.165) is 6.29 Å². The van der Waals surface area contributed by atoms with Gasteiger partial charge in [-0.05, 0) is 18.1 Å². The van der Waals surface area contributed by atoms with Gasteiger partial charge in [0.2, 0.25) is 0 Å². The van der Waals surface area contributed by atoms with E-state index in [1.54, 1.807) is 0 Å². The highest BCUT2D eigenvalue weighted by molar-refractivity contribution is 6.74. The van der Waals surface area contributed by atoms with E-state index in [2.05, 4.69) is 47.7 Å². The van der Waals surface area contributed by atoms with Gasteiger partial charge in [-0.3, -0.25) is 0 Å². The molecule has 0 unspecified atom stereocenters. The number of hydrogen-bond acceptors (Lipinski definition) is 2. The van der Waals surface area contributed by atoms with Crippen molar-refractivity contribution < 1.29 is 9.22 Å². The molecule has 2 atom stereocenters. The molecular formula is C12H24O2Si. The van der Waals surface area contributed by atoms with Crippen LogP contribution in [0.25, 0.3) is 0 Å². The molecule has 2 nitrogen and oxygen atoms in total. The predicted octanol–water partition coefficient (Wildman–Crippen LogP) is 3.23. The van der Waals surface area contributed by atoms with Gasteiger partial charge in [-0.1, -0.05) is 34.6 Å². The Labute approximate surface area is 94.5 Å². The van der Waals surface area contributed by atoms with Crippen LogP contribution in [-0.2, 0) is 9.22 Å². The van der Waals surface area contributed by atoms with Gasteiger partial charge in [0, 0.05) is 11.3 Å². The second-order valence-corrected chi connectivity index (χ2v) is 11.5. The van der Waals surface area contributed by atoms with E-state index in [4.69, 9.17) is 4.43 Å². The second-order valence-electron chi connectivity index (χ2n) is 6.78. The lowest BCUT2D eigenvalue weighted by Gasteiger charge is -2.36. The molecule has 0 aromatic rings. The highest BCUT2D eigenvalue weighted by atomic mass is 28.4. The van der Waals surface area contributed by atoms with Crippen LogP contribution in [0.15, 0.2) is 0 Å². The summed E-state index contributed by atoms with van der Waals surface area (Å²) in [6, 6.07) is 0. The first-order valence-corrected chi connectivity index (χ1v) is 8.58. The summed E-state index contributed by atoms with van der Waals surface area (Å²) in [5, 5.41) is 0.221. The highest BCUT2D eigenvalue weighted by Crippen LogP contribution is 2.55. The molecule has 0 saturated heterocycles. The Morgan fingerprint density at radius 2 is 1.73 bits per heavy atom. The van der Waals surface area contributed by atoms with E-state index >= 15 is 0 Å². The average molecular weight is 228 g/mol. The van der Waals surface area contributed by atoms with Crippen LogP contribution in [-0.4, -0.2) is 20.7 Å². The third-order valence-corrected chi connectivity index (χ3v) is 8.64. The molecule has 0 aliphatic heterocycles. The molecule has 3 heteroatoms. The van der Waals surface area contributed by atoms with Crippen molar-refractivity contribution in [2.24, 2.45) is 11.3 Å². The lowest BCUT2D eigenvalue weighted by Crippen LogP contribution is -2.42. The Morgan fingerprint density at radius 3 is 2.00 bits per heavy atom. The maximum absolute atomic E-state index is 10.9. The predicted molar refractivity (Wildman–Crippen MR) is 65.4 cm³/mol. The van der Waals surface area contributed by atoms with Crippen molar-refractivity contribution in [1.82, 2.24) is 0 Å². The first-order valence-electron chi connectivity index (χ1n) is 5.67. The molecule has 0 amide bonds. The first-order chi connectivity index (χ1) is 6.54. The largest absolute Gasteiger partial charge is 0.413 e. The van der Waals surface area contributed by atoms with E-state index in [1.807, 2.05) is 0 Å². The molecule has 15 heavy (non-hydrogen) atoms. The molecular weight excluding hydrogens is 204 g/mol. The Morgan fingerprint density at radius 1 is 1.27 bits per heavy atom. The fourth-order valence-corrected chi connectivity index (χ4v) is 3.03. The van der Waals surface area contributed by atoms with Crippen molar-refractivity contribution in [1.29, 1.82) is 0 Å². The van der Waals surface area contributed by atoms with Crippen molar-refractivity contribution in [2.75, 3.05) is 0 Å². The van der Waals surface area contributed by atoms with E-state index in [0.29, 0.717) is 0 Å². The van der Waals surface area contributed by atoms with Gasteiger partial charge in [-0.2, -0.15) is 0 Å². The number of rotatable bonds is 3. The van der Waals surface area contributed by atoms with Gasteiger partial charge < -0.3 is 9.22 Å². The summed E-state index contributed by atoms with van der Waals surface area (Å²) in [5.41, 5.74) is 0.0528. The van der Waals surface area contributed by atoms with Crippen molar-refractivity contribution in [3.8, 4) is 0 Å². The molecule has 1 aliphatic carbocycles. The van der Waals surface area contributed by atoms with E-state index in [1.165, 1.54) is 0 Å². The standard InChI is InChI=1S/C12H24O2Si/c1-11(2,3)15(6,7)14-10-9(8-13)12(10,4)5/h8-10H,1-7H3/t9-,10-/m1/s1. The number of carbonyl (C=O) groups excluding carboxylic acids is 1. The molecule has 0 aromatic carbocycles. The van der Waals surface area contributed by atoms with Crippen LogP contribution in [0.2, 0.25) is 18.1 Å². The van der Waals surface area contributed by atoms with E-state index in [9.17, 15) is 4.79 Å². The summed E-state index contributed by atoms with van der Waals surface area (Å²) < 4.78 is 6.24. The van der Waals surface area contributed by atoms with Crippen molar-refractivity contribution in [3.63, 3.8) is 0 Å². The summed E-state index contributed by atoms with van der Waals surface area (Å²) >= 11 is 0. The number of aldehydes is 1. The van der Waals surface area contributed by atoms with E-state index < -0.39 is 8.32 Å². The Balaban J connectivity index is 2.69.